The Balaban J connectivity index is 2.43. The van der Waals surface area contributed by atoms with E-state index in [1.54, 1.807) is 0 Å². The van der Waals surface area contributed by atoms with E-state index in [1.807, 2.05) is 0 Å². The SMILES string of the molecule is CC(C)NC1(C#N)CCC(N(C)CCCN(C)C)C1. The maximum atomic E-state index is 9.48. The van der Waals surface area contributed by atoms with Gasteiger partial charge in [-0.3, -0.25) is 5.32 Å². The summed E-state index contributed by atoms with van der Waals surface area (Å²) < 4.78 is 0. The van der Waals surface area contributed by atoms with Crippen LogP contribution in [0.3, 0.4) is 0 Å². The van der Waals surface area contributed by atoms with E-state index in [2.05, 4.69) is 56.2 Å². The average molecular weight is 266 g/mol. The van der Waals surface area contributed by atoms with Gasteiger partial charge in [-0.2, -0.15) is 5.26 Å². The Bertz CT molecular complexity index is 308. The summed E-state index contributed by atoms with van der Waals surface area (Å²) in [5.74, 6) is 0. The van der Waals surface area contributed by atoms with Gasteiger partial charge in [0.2, 0.25) is 0 Å². The highest BCUT2D eigenvalue weighted by Gasteiger charge is 2.40. The van der Waals surface area contributed by atoms with E-state index >= 15 is 0 Å². The van der Waals surface area contributed by atoms with Gasteiger partial charge in [-0.15, -0.1) is 0 Å². The van der Waals surface area contributed by atoms with Crippen LogP contribution in [0.5, 0.6) is 0 Å². The van der Waals surface area contributed by atoms with E-state index in [0.29, 0.717) is 12.1 Å². The van der Waals surface area contributed by atoms with Gasteiger partial charge in [-0.1, -0.05) is 0 Å². The van der Waals surface area contributed by atoms with Crippen LogP contribution in [-0.4, -0.2) is 61.7 Å². The molecule has 1 saturated carbocycles. The Hall–Kier alpha value is -0.630. The van der Waals surface area contributed by atoms with Crippen molar-refractivity contribution in [2.75, 3.05) is 34.2 Å². The maximum Gasteiger partial charge on any atom is 0.108 e. The zero-order valence-electron chi connectivity index (χ0n) is 13.2. The number of nitrogens with zero attached hydrogens (tertiary/aromatic N) is 3. The van der Waals surface area contributed by atoms with Crippen molar-refractivity contribution in [1.82, 2.24) is 15.1 Å². The minimum absolute atomic E-state index is 0.297. The topological polar surface area (TPSA) is 42.3 Å². The summed E-state index contributed by atoms with van der Waals surface area (Å²) in [6.45, 7) is 6.48. The summed E-state index contributed by atoms with van der Waals surface area (Å²) in [4.78, 5) is 4.66. The van der Waals surface area contributed by atoms with Gasteiger partial charge in [-0.25, -0.2) is 0 Å². The second-order valence-electron chi connectivity index (χ2n) is 6.53. The van der Waals surface area contributed by atoms with Crippen LogP contribution in [0.1, 0.15) is 39.5 Å². The maximum absolute atomic E-state index is 9.48. The van der Waals surface area contributed by atoms with Gasteiger partial charge in [-0.05, 0) is 73.8 Å². The van der Waals surface area contributed by atoms with E-state index in [0.717, 1.165) is 32.4 Å². The van der Waals surface area contributed by atoms with Gasteiger partial charge in [0.25, 0.3) is 0 Å². The zero-order valence-corrected chi connectivity index (χ0v) is 13.2. The smallest absolute Gasteiger partial charge is 0.108 e. The summed E-state index contributed by atoms with van der Waals surface area (Å²) in [7, 11) is 6.43. The molecule has 1 rings (SSSR count). The molecular formula is C15H30N4. The Morgan fingerprint density at radius 2 is 2.00 bits per heavy atom. The van der Waals surface area contributed by atoms with Crippen molar-refractivity contribution < 1.29 is 0 Å². The molecule has 19 heavy (non-hydrogen) atoms. The van der Waals surface area contributed by atoms with Crippen molar-refractivity contribution in [1.29, 1.82) is 5.26 Å². The third-order valence-corrected chi connectivity index (χ3v) is 4.01. The van der Waals surface area contributed by atoms with Gasteiger partial charge in [0, 0.05) is 12.1 Å². The Morgan fingerprint density at radius 1 is 1.32 bits per heavy atom. The van der Waals surface area contributed by atoms with Crippen molar-refractivity contribution >= 4 is 0 Å². The summed E-state index contributed by atoms with van der Waals surface area (Å²) in [5.41, 5.74) is -0.297. The van der Waals surface area contributed by atoms with Gasteiger partial charge in [0.1, 0.15) is 5.54 Å². The van der Waals surface area contributed by atoms with E-state index in [4.69, 9.17) is 0 Å². The molecular weight excluding hydrogens is 236 g/mol. The highest BCUT2D eigenvalue weighted by Crippen LogP contribution is 2.32. The zero-order chi connectivity index (χ0) is 14.5. The first-order valence-corrected chi connectivity index (χ1v) is 7.42. The van der Waals surface area contributed by atoms with Crippen molar-refractivity contribution in [3.63, 3.8) is 0 Å². The Morgan fingerprint density at radius 3 is 2.53 bits per heavy atom. The summed E-state index contributed by atoms with van der Waals surface area (Å²) in [6, 6.07) is 3.44. The third-order valence-electron chi connectivity index (χ3n) is 4.01. The molecule has 4 nitrogen and oxygen atoms in total. The number of nitrogens with one attached hydrogen (secondary N) is 1. The molecule has 0 spiro atoms. The molecule has 0 aromatic rings. The van der Waals surface area contributed by atoms with Gasteiger partial charge in [0.05, 0.1) is 6.07 Å². The second kappa shape index (κ2) is 7.23. The number of rotatable bonds is 7. The van der Waals surface area contributed by atoms with Crippen LogP contribution in [0.25, 0.3) is 0 Å². The van der Waals surface area contributed by atoms with Crippen molar-refractivity contribution in [2.24, 2.45) is 0 Å². The van der Waals surface area contributed by atoms with Crippen LogP contribution in [0.4, 0.5) is 0 Å². The quantitative estimate of drug-likeness (QED) is 0.761. The fraction of sp³-hybridized carbons (Fsp3) is 0.933. The highest BCUT2D eigenvalue weighted by atomic mass is 15.2. The molecule has 110 valence electrons. The fourth-order valence-electron chi connectivity index (χ4n) is 3.03. The first-order valence-electron chi connectivity index (χ1n) is 7.42. The highest BCUT2D eigenvalue weighted by molar-refractivity contribution is 5.13. The molecule has 0 aliphatic heterocycles. The first kappa shape index (κ1) is 16.4. The van der Waals surface area contributed by atoms with Crippen LogP contribution < -0.4 is 5.32 Å². The Kier molecular flexibility index (Phi) is 6.25. The largest absolute Gasteiger partial charge is 0.309 e. The molecule has 0 amide bonds. The van der Waals surface area contributed by atoms with Gasteiger partial charge in [0.15, 0.2) is 0 Å². The Labute approximate surface area is 118 Å². The normalized spacial score (nSPS) is 27.4. The molecule has 0 aromatic carbocycles. The van der Waals surface area contributed by atoms with Crippen LogP contribution in [0.2, 0.25) is 0 Å². The molecule has 1 aliphatic rings. The lowest BCUT2D eigenvalue weighted by Gasteiger charge is -2.28. The lowest BCUT2D eigenvalue weighted by atomic mass is 9.98. The van der Waals surface area contributed by atoms with Crippen LogP contribution >= 0.6 is 0 Å². The lowest BCUT2D eigenvalue weighted by molar-refractivity contribution is 0.222. The molecule has 4 heteroatoms. The molecule has 2 unspecified atom stereocenters. The van der Waals surface area contributed by atoms with Crippen LogP contribution in [-0.2, 0) is 0 Å². The van der Waals surface area contributed by atoms with Crippen molar-refractivity contribution in [2.45, 2.75) is 57.2 Å². The number of hydrogen-bond acceptors (Lipinski definition) is 4. The average Bonchev–Trinajstić information content (AvgIpc) is 2.72. The molecule has 0 bridgehead atoms. The second-order valence-corrected chi connectivity index (χ2v) is 6.53. The molecule has 0 aromatic heterocycles. The predicted molar refractivity (Wildman–Crippen MR) is 80.1 cm³/mol. The van der Waals surface area contributed by atoms with Crippen LogP contribution in [0.15, 0.2) is 0 Å². The van der Waals surface area contributed by atoms with E-state index in [-0.39, 0.29) is 5.54 Å². The number of hydrogen-bond donors (Lipinski definition) is 1. The van der Waals surface area contributed by atoms with Gasteiger partial charge >= 0.3 is 0 Å². The predicted octanol–water partition coefficient (Wildman–Crippen LogP) is 1.68. The number of nitriles is 1. The third kappa shape index (κ3) is 5.10. The van der Waals surface area contributed by atoms with Crippen molar-refractivity contribution in [3.8, 4) is 6.07 Å². The molecule has 1 aliphatic carbocycles. The molecule has 1 N–H and O–H groups in total. The molecule has 0 saturated heterocycles. The van der Waals surface area contributed by atoms with E-state index < -0.39 is 0 Å². The minimum Gasteiger partial charge on any atom is -0.309 e. The lowest BCUT2D eigenvalue weighted by Crippen LogP contribution is -2.47. The van der Waals surface area contributed by atoms with E-state index in [9.17, 15) is 5.26 Å². The summed E-state index contributed by atoms with van der Waals surface area (Å²) >= 11 is 0. The summed E-state index contributed by atoms with van der Waals surface area (Å²) in [6.07, 6.45) is 4.26. The monoisotopic (exact) mass is 266 g/mol. The fourth-order valence-corrected chi connectivity index (χ4v) is 3.03. The van der Waals surface area contributed by atoms with E-state index in [1.165, 1.54) is 6.42 Å². The van der Waals surface area contributed by atoms with Crippen LogP contribution in [0, 0.1) is 11.3 Å². The minimum atomic E-state index is -0.297. The van der Waals surface area contributed by atoms with Gasteiger partial charge < -0.3 is 9.80 Å². The molecule has 0 radical (unpaired) electrons. The molecule has 2 atom stereocenters. The molecule has 0 heterocycles. The standard InChI is InChI=1S/C15H30N4/c1-13(2)17-15(12-16)8-7-14(11-15)19(5)10-6-9-18(3)4/h13-14,17H,6-11H2,1-5H3. The van der Waals surface area contributed by atoms with Crippen molar-refractivity contribution in [3.05, 3.63) is 0 Å². The first-order chi connectivity index (χ1) is 8.88. The molecule has 1 fully saturated rings. The summed E-state index contributed by atoms with van der Waals surface area (Å²) in [5, 5.41) is 12.9.